The normalized spacial score (nSPS) is 12.9. The van der Waals surface area contributed by atoms with Crippen molar-refractivity contribution in [2.45, 2.75) is 12.6 Å². The van der Waals surface area contributed by atoms with Crippen molar-refractivity contribution in [3.63, 3.8) is 0 Å². The molecule has 2 aromatic rings. The fraction of sp³-hybridized carbons (Fsp3) is 0.429. The zero-order valence-electron chi connectivity index (χ0n) is 12.3. The minimum Gasteiger partial charge on any atom is -0.308 e. The van der Waals surface area contributed by atoms with E-state index >= 15 is 0 Å². The van der Waals surface area contributed by atoms with Crippen LogP contribution in [0, 0.1) is 0 Å². The van der Waals surface area contributed by atoms with Crippen molar-refractivity contribution in [1.82, 2.24) is 25.0 Å². The summed E-state index contributed by atoms with van der Waals surface area (Å²) in [5.74, 6) is 0. The molecule has 0 spiro atoms. The molecule has 21 heavy (non-hydrogen) atoms. The highest BCUT2D eigenvalue weighted by Gasteiger charge is 2.21. The van der Waals surface area contributed by atoms with Crippen LogP contribution in [0.5, 0.6) is 0 Å². The average Bonchev–Trinajstić information content (AvgIpc) is 2.79. The van der Waals surface area contributed by atoms with Crippen molar-refractivity contribution >= 4 is 27.5 Å². The van der Waals surface area contributed by atoms with Gasteiger partial charge in [-0.3, -0.25) is 9.67 Å². The van der Waals surface area contributed by atoms with Gasteiger partial charge in [-0.05, 0) is 48.7 Å². The molecule has 1 atom stereocenters. The van der Waals surface area contributed by atoms with Crippen molar-refractivity contribution in [2.75, 3.05) is 27.7 Å². The molecule has 0 fully saturated rings. The van der Waals surface area contributed by atoms with E-state index in [1.165, 1.54) is 0 Å². The predicted molar refractivity (Wildman–Crippen MR) is 88.6 cm³/mol. The Morgan fingerprint density at radius 1 is 1.38 bits per heavy atom. The van der Waals surface area contributed by atoms with E-state index in [4.69, 9.17) is 11.6 Å². The summed E-state index contributed by atoms with van der Waals surface area (Å²) in [6.07, 6.45) is 5.30. The molecule has 2 rings (SSSR count). The van der Waals surface area contributed by atoms with E-state index in [-0.39, 0.29) is 6.04 Å². The summed E-state index contributed by atoms with van der Waals surface area (Å²) in [6, 6.07) is 1.99. The Morgan fingerprint density at radius 3 is 2.76 bits per heavy atom. The molecule has 5 nitrogen and oxygen atoms in total. The number of hydrogen-bond acceptors (Lipinski definition) is 4. The number of likely N-dealkylation sites (N-methyl/N-ethyl adjacent to an activating group) is 1. The SMILES string of the molecule is CNC(c1cncc(Br)c1)c1c(Cl)cnn1CCN(C)C. The first-order valence-electron chi connectivity index (χ1n) is 6.66. The van der Waals surface area contributed by atoms with Gasteiger partial charge in [0.05, 0.1) is 29.5 Å². The van der Waals surface area contributed by atoms with Gasteiger partial charge in [0.2, 0.25) is 0 Å². The molecule has 0 bridgehead atoms. The molecule has 0 radical (unpaired) electrons. The first kappa shape index (κ1) is 16.4. The lowest BCUT2D eigenvalue weighted by atomic mass is 10.1. The van der Waals surface area contributed by atoms with Crippen LogP contribution in [-0.4, -0.2) is 47.4 Å². The third-order valence-corrected chi connectivity index (χ3v) is 3.94. The van der Waals surface area contributed by atoms with E-state index in [0.717, 1.165) is 28.8 Å². The number of hydrogen-bond donors (Lipinski definition) is 1. The van der Waals surface area contributed by atoms with Crippen molar-refractivity contribution in [2.24, 2.45) is 0 Å². The van der Waals surface area contributed by atoms with E-state index in [1.807, 2.05) is 38.1 Å². The van der Waals surface area contributed by atoms with Crippen LogP contribution in [0.25, 0.3) is 0 Å². The quantitative estimate of drug-likeness (QED) is 0.846. The average molecular weight is 373 g/mol. The van der Waals surface area contributed by atoms with Crippen LogP contribution in [0.2, 0.25) is 5.02 Å². The summed E-state index contributed by atoms with van der Waals surface area (Å²) in [4.78, 5) is 6.35. The second-order valence-electron chi connectivity index (χ2n) is 5.06. The van der Waals surface area contributed by atoms with Gasteiger partial charge in [-0.25, -0.2) is 0 Å². The molecule has 1 N–H and O–H groups in total. The number of pyridine rings is 1. The standard InChI is InChI=1S/C14H19BrClN5/c1-17-13(10-6-11(15)8-18-7-10)14-12(16)9-19-21(14)5-4-20(2)3/h6-9,13,17H,4-5H2,1-3H3. The van der Waals surface area contributed by atoms with Gasteiger partial charge < -0.3 is 10.2 Å². The molecule has 0 aromatic carbocycles. The van der Waals surface area contributed by atoms with Gasteiger partial charge in [-0.1, -0.05) is 11.6 Å². The maximum atomic E-state index is 6.35. The molecule has 0 aliphatic carbocycles. The minimum absolute atomic E-state index is 0.0489. The largest absolute Gasteiger partial charge is 0.308 e. The monoisotopic (exact) mass is 371 g/mol. The topological polar surface area (TPSA) is 46.0 Å². The predicted octanol–water partition coefficient (Wildman–Crippen LogP) is 2.56. The molecule has 114 valence electrons. The van der Waals surface area contributed by atoms with Crippen molar-refractivity contribution in [3.8, 4) is 0 Å². The van der Waals surface area contributed by atoms with Crippen LogP contribution in [0.15, 0.2) is 29.1 Å². The molecule has 0 aliphatic heterocycles. The van der Waals surface area contributed by atoms with Crippen LogP contribution < -0.4 is 5.32 Å². The van der Waals surface area contributed by atoms with Crippen LogP contribution in [-0.2, 0) is 6.54 Å². The number of rotatable bonds is 6. The van der Waals surface area contributed by atoms with E-state index < -0.39 is 0 Å². The lowest BCUT2D eigenvalue weighted by Crippen LogP contribution is -2.25. The number of nitrogens with zero attached hydrogens (tertiary/aromatic N) is 4. The first-order valence-corrected chi connectivity index (χ1v) is 7.83. The molecule has 0 saturated carbocycles. The second kappa shape index (κ2) is 7.35. The van der Waals surface area contributed by atoms with Gasteiger partial charge in [0.1, 0.15) is 0 Å². The summed E-state index contributed by atoms with van der Waals surface area (Å²) >= 11 is 9.81. The fourth-order valence-corrected chi connectivity index (χ4v) is 2.81. The van der Waals surface area contributed by atoms with Crippen LogP contribution in [0.3, 0.4) is 0 Å². The van der Waals surface area contributed by atoms with Gasteiger partial charge in [-0.15, -0.1) is 0 Å². The lowest BCUT2D eigenvalue weighted by Gasteiger charge is -2.20. The summed E-state index contributed by atoms with van der Waals surface area (Å²) in [6.45, 7) is 1.69. The Labute approximate surface area is 138 Å². The van der Waals surface area contributed by atoms with Crippen LogP contribution >= 0.6 is 27.5 Å². The molecule has 2 aromatic heterocycles. The maximum absolute atomic E-state index is 6.35. The smallest absolute Gasteiger partial charge is 0.0837 e. The highest BCUT2D eigenvalue weighted by molar-refractivity contribution is 9.10. The summed E-state index contributed by atoms with van der Waals surface area (Å²) in [5, 5.41) is 8.35. The molecular formula is C14H19BrClN5. The van der Waals surface area contributed by atoms with Gasteiger partial charge >= 0.3 is 0 Å². The minimum atomic E-state index is -0.0489. The van der Waals surface area contributed by atoms with Gasteiger partial charge in [0.15, 0.2) is 0 Å². The Bertz CT molecular complexity index is 599. The second-order valence-corrected chi connectivity index (χ2v) is 6.39. The molecular weight excluding hydrogens is 354 g/mol. The van der Waals surface area contributed by atoms with Gasteiger partial charge in [0.25, 0.3) is 0 Å². The first-order chi connectivity index (χ1) is 10.0. The van der Waals surface area contributed by atoms with Crippen molar-refractivity contribution in [1.29, 1.82) is 0 Å². The van der Waals surface area contributed by atoms with E-state index in [1.54, 1.807) is 12.4 Å². The van der Waals surface area contributed by atoms with E-state index in [2.05, 4.69) is 36.2 Å². The fourth-order valence-electron chi connectivity index (χ4n) is 2.18. The van der Waals surface area contributed by atoms with Crippen LogP contribution in [0.1, 0.15) is 17.3 Å². The van der Waals surface area contributed by atoms with E-state index in [0.29, 0.717) is 5.02 Å². The highest BCUT2D eigenvalue weighted by atomic mass is 79.9. The lowest BCUT2D eigenvalue weighted by molar-refractivity contribution is 0.366. The Balaban J connectivity index is 2.35. The van der Waals surface area contributed by atoms with Gasteiger partial charge in [0, 0.05) is 23.4 Å². The van der Waals surface area contributed by atoms with Crippen LogP contribution in [0.4, 0.5) is 0 Å². The molecule has 1 unspecified atom stereocenters. The molecule has 2 heterocycles. The third kappa shape index (κ3) is 4.03. The Hall–Kier alpha value is -0.950. The zero-order chi connectivity index (χ0) is 15.4. The molecule has 0 amide bonds. The Morgan fingerprint density at radius 2 is 2.14 bits per heavy atom. The number of halogens is 2. The summed E-state index contributed by atoms with van der Waals surface area (Å²) < 4.78 is 2.89. The Kier molecular flexibility index (Phi) is 5.75. The zero-order valence-corrected chi connectivity index (χ0v) is 14.7. The molecule has 7 heteroatoms. The molecule has 0 aliphatic rings. The number of aromatic nitrogens is 3. The number of nitrogens with one attached hydrogen (secondary N) is 1. The maximum Gasteiger partial charge on any atom is 0.0837 e. The molecule has 0 saturated heterocycles. The summed E-state index contributed by atoms with van der Waals surface area (Å²) in [5.41, 5.74) is 2.00. The van der Waals surface area contributed by atoms with Crippen molar-refractivity contribution in [3.05, 3.63) is 45.4 Å². The third-order valence-electron chi connectivity index (χ3n) is 3.21. The van der Waals surface area contributed by atoms with Crippen molar-refractivity contribution < 1.29 is 0 Å². The van der Waals surface area contributed by atoms with E-state index in [9.17, 15) is 0 Å². The highest BCUT2D eigenvalue weighted by Crippen LogP contribution is 2.28. The summed E-state index contributed by atoms with van der Waals surface area (Å²) in [7, 11) is 5.99. The van der Waals surface area contributed by atoms with Gasteiger partial charge in [-0.2, -0.15) is 5.10 Å².